The topological polar surface area (TPSA) is 0 Å². The van der Waals surface area contributed by atoms with E-state index in [0.717, 1.165) is 5.75 Å². The van der Waals surface area contributed by atoms with Gasteiger partial charge in [-0.15, -0.1) is 0 Å². The quantitative estimate of drug-likeness (QED) is 0.635. The van der Waals surface area contributed by atoms with E-state index in [0.29, 0.717) is 0 Å². The van der Waals surface area contributed by atoms with Crippen LogP contribution >= 0.6 is 10.0 Å². The van der Waals surface area contributed by atoms with Gasteiger partial charge < -0.3 is 0 Å². The Bertz CT molecular complexity index is 410. The van der Waals surface area contributed by atoms with Crippen LogP contribution in [0.1, 0.15) is 31.9 Å². The Labute approximate surface area is 113 Å². The van der Waals surface area contributed by atoms with E-state index in [1.165, 1.54) is 11.1 Å². The molecule has 0 saturated heterocycles. The van der Waals surface area contributed by atoms with Gasteiger partial charge in [-0.2, -0.15) is 10.0 Å². The van der Waals surface area contributed by atoms with Gasteiger partial charge in [0.05, 0.1) is 0 Å². The summed E-state index contributed by atoms with van der Waals surface area (Å²) in [5.74, 6) is 0.952. The summed E-state index contributed by atoms with van der Waals surface area (Å²) in [6.07, 6.45) is 0. The van der Waals surface area contributed by atoms with Gasteiger partial charge in [-0.05, 0) is 32.8 Å². The van der Waals surface area contributed by atoms with Crippen LogP contribution < -0.4 is 0 Å². The van der Waals surface area contributed by atoms with Crippen molar-refractivity contribution in [3.63, 3.8) is 0 Å². The zero-order valence-corrected chi connectivity index (χ0v) is 12.6. The van der Waals surface area contributed by atoms with Crippen LogP contribution in [0.3, 0.4) is 0 Å². The Morgan fingerprint density at radius 1 is 0.944 bits per heavy atom. The maximum Gasteiger partial charge on any atom is 0.0128 e. The summed E-state index contributed by atoms with van der Waals surface area (Å²) in [7, 11) is -1.12. The molecule has 98 valence electrons. The smallest absolute Gasteiger partial charge is 0.0128 e. The highest BCUT2D eigenvalue weighted by atomic mass is 32.3. The van der Waals surface area contributed by atoms with E-state index < -0.39 is 10.0 Å². The zero-order chi connectivity index (χ0) is 13.8. The van der Waals surface area contributed by atoms with Crippen molar-refractivity contribution in [2.75, 3.05) is 0 Å². The predicted octanol–water partition coefficient (Wildman–Crippen LogP) is 5.72. The molecular formula is C17H24S. The Morgan fingerprint density at radius 2 is 1.39 bits per heavy atom. The van der Waals surface area contributed by atoms with Gasteiger partial charge in [0.25, 0.3) is 0 Å². The van der Waals surface area contributed by atoms with E-state index in [1.807, 2.05) is 16.2 Å². The summed E-state index contributed by atoms with van der Waals surface area (Å²) in [5, 5.41) is 5.97. The highest BCUT2D eigenvalue weighted by Crippen LogP contribution is 2.54. The van der Waals surface area contributed by atoms with Gasteiger partial charge in [-0.1, -0.05) is 64.8 Å². The van der Waals surface area contributed by atoms with E-state index in [1.54, 1.807) is 0 Å². The van der Waals surface area contributed by atoms with Crippen molar-refractivity contribution in [3.8, 4) is 0 Å². The van der Waals surface area contributed by atoms with E-state index in [2.05, 4.69) is 64.8 Å². The molecule has 0 amide bonds. The molecular weight excluding hydrogens is 236 g/mol. The first-order valence-corrected chi connectivity index (χ1v) is 8.14. The first-order valence-electron chi connectivity index (χ1n) is 6.15. The van der Waals surface area contributed by atoms with Gasteiger partial charge in [0.15, 0.2) is 0 Å². The SMILES string of the molecule is C=CS(C=C)(C=C)Cc1ccc(C(C)(C)C)cc1. The minimum absolute atomic E-state index is 0.206. The summed E-state index contributed by atoms with van der Waals surface area (Å²) >= 11 is 0. The fraction of sp³-hybridized carbons (Fsp3) is 0.294. The van der Waals surface area contributed by atoms with E-state index >= 15 is 0 Å². The van der Waals surface area contributed by atoms with Gasteiger partial charge in [-0.3, -0.25) is 0 Å². The van der Waals surface area contributed by atoms with E-state index in [4.69, 9.17) is 0 Å². The molecule has 1 aromatic carbocycles. The molecule has 1 rings (SSSR count). The highest BCUT2D eigenvalue weighted by Gasteiger charge is 2.15. The van der Waals surface area contributed by atoms with Crippen molar-refractivity contribution in [2.24, 2.45) is 0 Å². The third-order valence-corrected chi connectivity index (χ3v) is 5.86. The maximum absolute atomic E-state index is 3.92. The van der Waals surface area contributed by atoms with Crippen LogP contribution in [-0.4, -0.2) is 0 Å². The Balaban J connectivity index is 2.96. The minimum Gasteiger partial charge on any atom is -0.178 e. The average molecular weight is 260 g/mol. The predicted molar refractivity (Wildman–Crippen MR) is 87.0 cm³/mol. The van der Waals surface area contributed by atoms with Crippen LogP contribution in [0.15, 0.2) is 60.2 Å². The lowest BCUT2D eigenvalue weighted by Crippen LogP contribution is -2.10. The van der Waals surface area contributed by atoms with Crippen molar-refractivity contribution in [3.05, 3.63) is 71.4 Å². The molecule has 1 heteroatoms. The molecule has 0 aliphatic carbocycles. The number of rotatable bonds is 5. The molecule has 0 aliphatic rings. The summed E-state index contributed by atoms with van der Waals surface area (Å²) in [4.78, 5) is 0. The first kappa shape index (κ1) is 14.8. The third kappa shape index (κ3) is 3.39. The summed E-state index contributed by atoms with van der Waals surface area (Å²) < 4.78 is 0. The second-order valence-electron chi connectivity index (χ2n) is 5.50. The summed E-state index contributed by atoms with van der Waals surface area (Å²) in [6, 6.07) is 8.85. The van der Waals surface area contributed by atoms with Crippen molar-refractivity contribution in [1.29, 1.82) is 0 Å². The zero-order valence-electron chi connectivity index (χ0n) is 11.8. The Morgan fingerprint density at radius 3 is 1.72 bits per heavy atom. The molecule has 0 saturated carbocycles. The minimum atomic E-state index is -1.12. The summed E-state index contributed by atoms with van der Waals surface area (Å²) in [5.41, 5.74) is 2.89. The molecule has 18 heavy (non-hydrogen) atoms. The standard InChI is InChI=1S/C17H24S/c1-7-18(8-2,9-3)14-15-10-12-16(13-11-15)17(4,5)6/h7-13H,1-3,14H2,4-6H3. The molecule has 0 unspecified atom stereocenters. The lowest BCUT2D eigenvalue weighted by Gasteiger charge is -2.29. The second-order valence-corrected chi connectivity index (χ2v) is 8.60. The van der Waals surface area contributed by atoms with Gasteiger partial charge in [-0.25, -0.2) is 0 Å². The molecule has 0 spiro atoms. The normalized spacial score (nSPS) is 12.8. The Hall–Kier alpha value is -1.21. The molecule has 0 radical (unpaired) electrons. The average Bonchev–Trinajstić information content (AvgIpc) is 2.36. The van der Waals surface area contributed by atoms with Crippen molar-refractivity contribution in [1.82, 2.24) is 0 Å². The highest BCUT2D eigenvalue weighted by molar-refractivity contribution is 8.40. The second kappa shape index (κ2) is 5.62. The molecule has 0 fully saturated rings. The van der Waals surface area contributed by atoms with Gasteiger partial charge >= 0.3 is 0 Å². The number of hydrogen-bond donors (Lipinski definition) is 0. The van der Waals surface area contributed by atoms with Crippen LogP contribution in [-0.2, 0) is 11.2 Å². The molecule has 0 aliphatic heterocycles. The lowest BCUT2D eigenvalue weighted by atomic mass is 9.87. The van der Waals surface area contributed by atoms with Crippen LogP contribution in [0.5, 0.6) is 0 Å². The monoisotopic (exact) mass is 260 g/mol. The molecule has 0 bridgehead atoms. The van der Waals surface area contributed by atoms with Crippen molar-refractivity contribution in [2.45, 2.75) is 31.9 Å². The molecule has 0 N–H and O–H groups in total. The maximum atomic E-state index is 3.92. The van der Waals surface area contributed by atoms with Crippen molar-refractivity contribution >= 4 is 10.0 Å². The summed E-state index contributed by atoms with van der Waals surface area (Å²) in [6.45, 7) is 18.5. The largest absolute Gasteiger partial charge is 0.178 e. The van der Waals surface area contributed by atoms with E-state index in [-0.39, 0.29) is 5.41 Å². The van der Waals surface area contributed by atoms with Crippen LogP contribution in [0.25, 0.3) is 0 Å². The van der Waals surface area contributed by atoms with Gasteiger partial charge in [0.1, 0.15) is 0 Å². The fourth-order valence-electron chi connectivity index (χ4n) is 1.77. The number of hydrogen-bond acceptors (Lipinski definition) is 0. The molecule has 0 heterocycles. The van der Waals surface area contributed by atoms with Gasteiger partial charge in [0, 0.05) is 5.75 Å². The first-order chi connectivity index (χ1) is 8.37. The molecule has 1 aromatic rings. The molecule has 0 nitrogen and oxygen atoms in total. The van der Waals surface area contributed by atoms with Crippen LogP contribution in [0.4, 0.5) is 0 Å². The van der Waals surface area contributed by atoms with Crippen LogP contribution in [0.2, 0.25) is 0 Å². The number of benzene rings is 1. The van der Waals surface area contributed by atoms with Crippen molar-refractivity contribution < 1.29 is 0 Å². The van der Waals surface area contributed by atoms with Gasteiger partial charge in [0.2, 0.25) is 0 Å². The fourth-order valence-corrected chi connectivity index (χ4v) is 3.30. The van der Waals surface area contributed by atoms with E-state index in [9.17, 15) is 0 Å². The molecule has 0 aromatic heterocycles. The Kier molecular flexibility index (Phi) is 4.64. The molecule has 0 atom stereocenters. The van der Waals surface area contributed by atoms with Crippen LogP contribution in [0, 0.1) is 0 Å². The third-order valence-electron chi connectivity index (χ3n) is 3.17. The lowest BCUT2D eigenvalue weighted by molar-refractivity contribution is 0.590.